The maximum absolute atomic E-state index is 12.1. The van der Waals surface area contributed by atoms with E-state index < -0.39 is 11.0 Å². The smallest absolute Gasteiger partial charge is 0.168 e. The molecular weight excluding hydrogens is 342 g/mol. The van der Waals surface area contributed by atoms with E-state index in [1.807, 2.05) is 18.2 Å². The number of piperidine rings is 1. The highest BCUT2D eigenvalue weighted by atomic mass is 16.5. The van der Waals surface area contributed by atoms with Crippen LogP contribution >= 0.6 is 0 Å². The zero-order valence-electron chi connectivity index (χ0n) is 15.8. The van der Waals surface area contributed by atoms with Crippen LogP contribution in [0.25, 0.3) is 0 Å². The van der Waals surface area contributed by atoms with Gasteiger partial charge in [-0.2, -0.15) is 0 Å². The lowest BCUT2D eigenvalue weighted by molar-refractivity contribution is -0.168. The predicted molar refractivity (Wildman–Crippen MR) is 102 cm³/mol. The van der Waals surface area contributed by atoms with Gasteiger partial charge in [0, 0.05) is 31.1 Å². The Labute approximate surface area is 159 Å². The molecule has 5 nitrogen and oxygen atoms in total. The highest BCUT2D eigenvalue weighted by molar-refractivity contribution is 5.63. The average Bonchev–Trinajstić information content (AvgIpc) is 3.01. The van der Waals surface area contributed by atoms with E-state index in [4.69, 9.17) is 9.47 Å². The molecule has 144 valence electrons. The molecule has 5 heteroatoms. The summed E-state index contributed by atoms with van der Waals surface area (Å²) in [6.07, 6.45) is 6.53. The molecule has 4 atom stereocenters. The third kappa shape index (κ3) is 1.96. The van der Waals surface area contributed by atoms with Crippen molar-refractivity contribution in [3.8, 4) is 11.5 Å². The molecule has 1 fully saturated rings. The summed E-state index contributed by atoms with van der Waals surface area (Å²) in [7, 11) is 0. The topological polar surface area (TPSA) is 62.2 Å². The van der Waals surface area contributed by atoms with Crippen LogP contribution in [0, 0.1) is 0 Å². The summed E-state index contributed by atoms with van der Waals surface area (Å²) in [5.74, 6) is 1.50. The number of hydrogen-bond acceptors (Lipinski definition) is 5. The van der Waals surface area contributed by atoms with E-state index in [0.29, 0.717) is 18.8 Å². The number of likely N-dealkylation sites (tertiary alicyclic amines) is 1. The number of benzene rings is 1. The maximum Gasteiger partial charge on any atom is 0.168 e. The first-order valence-electron chi connectivity index (χ1n) is 9.99. The van der Waals surface area contributed by atoms with E-state index in [1.54, 1.807) is 6.07 Å². The SMILES string of the molecule is C=CCN1CC[C@]23c4c5ccc(O)c4OC2C(OCCC)=CC[C@@]3(O)[C@H]1C5. The molecule has 1 aromatic rings. The van der Waals surface area contributed by atoms with E-state index >= 15 is 0 Å². The minimum atomic E-state index is -0.940. The van der Waals surface area contributed by atoms with Crippen LogP contribution in [0.4, 0.5) is 0 Å². The van der Waals surface area contributed by atoms with Gasteiger partial charge in [-0.05, 0) is 37.0 Å². The standard InChI is InChI=1S/C22H27NO4/c1-3-10-23-11-9-21-18-14-5-6-15(24)19(18)27-20(21)16(26-12-4-2)7-8-22(21,25)17(23)13-14/h3,5-7,17,20,24-25H,1,4,8-13H2,2H3/t17-,20?,21+,22-/m1/s1. The van der Waals surface area contributed by atoms with Crippen molar-refractivity contribution in [2.45, 2.75) is 55.8 Å². The van der Waals surface area contributed by atoms with Gasteiger partial charge in [-0.15, -0.1) is 6.58 Å². The first-order valence-corrected chi connectivity index (χ1v) is 9.99. The Morgan fingerprint density at radius 2 is 2.30 bits per heavy atom. The van der Waals surface area contributed by atoms with Crippen molar-refractivity contribution in [2.75, 3.05) is 19.7 Å². The molecule has 0 radical (unpaired) electrons. The molecule has 0 saturated carbocycles. The maximum atomic E-state index is 12.1. The van der Waals surface area contributed by atoms with Crippen LogP contribution in [0.2, 0.25) is 0 Å². The van der Waals surface area contributed by atoms with Gasteiger partial charge in [0.05, 0.1) is 17.6 Å². The molecule has 2 aliphatic carbocycles. The molecule has 2 aliphatic heterocycles. The van der Waals surface area contributed by atoms with E-state index in [9.17, 15) is 10.2 Å². The fourth-order valence-electron chi connectivity index (χ4n) is 5.96. The van der Waals surface area contributed by atoms with E-state index in [0.717, 1.165) is 43.7 Å². The quantitative estimate of drug-likeness (QED) is 0.782. The van der Waals surface area contributed by atoms with Gasteiger partial charge in [0.25, 0.3) is 0 Å². The summed E-state index contributed by atoms with van der Waals surface area (Å²) in [6.45, 7) is 8.24. The Bertz CT molecular complexity index is 834. The number of phenols is 1. The van der Waals surface area contributed by atoms with E-state index in [1.165, 1.54) is 5.56 Å². The molecule has 0 amide bonds. The van der Waals surface area contributed by atoms with Crippen LogP contribution in [0.15, 0.2) is 36.6 Å². The highest BCUT2D eigenvalue weighted by Crippen LogP contribution is 2.65. The van der Waals surface area contributed by atoms with Gasteiger partial charge in [-0.3, -0.25) is 4.90 Å². The molecule has 4 aliphatic rings. The van der Waals surface area contributed by atoms with Gasteiger partial charge < -0.3 is 19.7 Å². The van der Waals surface area contributed by atoms with Crippen LogP contribution in [0.1, 0.15) is 37.3 Å². The van der Waals surface area contributed by atoms with Crippen molar-refractivity contribution in [3.05, 3.63) is 47.7 Å². The number of hydrogen-bond donors (Lipinski definition) is 2. The largest absolute Gasteiger partial charge is 0.504 e. The van der Waals surface area contributed by atoms with Crippen LogP contribution in [0.5, 0.6) is 11.5 Å². The first-order chi connectivity index (χ1) is 13.1. The monoisotopic (exact) mass is 369 g/mol. The lowest BCUT2D eigenvalue weighted by atomic mass is 9.50. The average molecular weight is 369 g/mol. The van der Waals surface area contributed by atoms with Crippen molar-refractivity contribution in [1.82, 2.24) is 4.90 Å². The molecule has 5 rings (SSSR count). The van der Waals surface area contributed by atoms with Crippen LogP contribution < -0.4 is 4.74 Å². The lowest BCUT2D eigenvalue weighted by Crippen LogP contribution is -2.75. The Kier molecular flexibility index (Phi) is 3.66. The Hall–Kier alpha value is -1.98. The number of phenolic OH excluding ortho intramolecular Hbond substituents is 1. The molecular formula is C22H27NO4. The summed E-state index contributed by atoms with van der Waals surface area (Å²) in [4.78, 5) is 2.34. The zero-order valence-corrected chi connectivity index (χ0v) is 15.8. The summed E-state index contributed by atoms with van der Waals surface area (Å²) in [5.41, 5.74) is 0.680. The van der Waals surface area contributed by atoms with Crippen molar-refractivity contribution in [2.24, 2.45) is 0 Å². The third-order valence-electron chi connectivity index (χ3n) is 7.03. The molecule has 1 aromatic carbocycles. The van der Waals surface area contributed by atoms with Crippen molar-refractivity contribution in [3.63, 3.8) is 0 Å². The van der Waals surface area contributed by atoms with Gasteiger partial charge in [0.1, 0.15) is 5.76 Å². The molecule has 1 saturated heterocycles. The Balaban J connectivity index is 1.72. The zero-order chi connectivity index (χ0) is 18.8. The van der Waals surface area contributed by atoms with Gasteiger partial charge in [0.15, 0.2) is 17.6 Å². The Morgan fingerprint density at radius 3 is 3.07 bits per heavy atom. The summed E-state index contributed by atoms with van der Waals surface area (Å²) in [5, 5.41) is 22.6. The number of aliphatic hydroxyl groups is 1. The predicted octanol–water partition coefficient (Wildman–Crippen LogP) is 2.65. The van der Waals surface area contributed by atoms with Gasteiger partial charge in [-0.1, -0.05) is 19.1 Å². The minimum absolute atomic E-state index is 0.00215. The second-order valence-electron chi connectivity index (χ2n) is 8.25. The van der Waals surface area contributed by atoms with E-state index in [-0.39, 0.29) is 17.9 Å². The highest BCUT2D eigenvalue weighted by Gasteiger charge is 2.72. The molecule has 2 N–H and O–H groups in total. The number of rotatable bonds is 5. The van der Waals surface area contributed by atoms with Crippen molar-refractivity contribution < 1.29 is 19.7 Å². The first kappa shape index (κ1) is 17.1. The summed E-state index contributed by atoms with van der Waals surface area (Å²) < 4.78 is 12.4. The second-order valence-corrected chi connectivity index (χ2v) is 8.25. The van der Waals surface area contributed by atoms with E-state index in [2.05, 4.69) is 18.4 Å². The fourth-order valence-corrected chi connectivity index (χ4v) is 5.96. The molecule has 1 spiro atoms. The Morgan fingerprint density at radius 1 is 1.44 bits per heavy atom. The molecule has 27 heavy (non-hydrogen) atoms. The third-order valence-corrected chi connectivity index (χ3v) is 7.03. The van der Waals surface area contributed by atoms with Crippen LogP contribution in [0.3, 0.4) is 0 Å². The van der Waals surface area contributed by atoms with Crippen molar-refractivity contribution >= 4 is 0 Å². The fraction of sp³-hybridized carbons (Fsp3) is 0.545. The minimum Gasteiger partial charge on any atom is -0.504 e. The van der Waals surface area contributed by atoms with Gasteiger partial charge in [-0.25, -0.2) is 0 Å². The number of nitrogens with zero attached hydrogens (tertiary/aromatic N) is 1. The van der Waals surface area contributed by atoms with Crippen LogP contribution in [-0.2, 0) is 16.6 Å². The van der Waals surface area contributed by atoms with Crippen molar-refractivity contribution in [1.29, 1.82) is 0 Å². The molecule has 2 bridgehead atoms. The number of ether oxygens (including phenoxy) is 2. The summed E-state index contributed by atoms with van der Waals surface area (Å²) in [6, 6.07) is 3.72. The summed E-state index contributed by atoms with van der Waals surface area (Å²) >= 11 is 0. The lowest BCUT2D eigenvalue weighted by Gasteiger charge is -2.62. The normalized spacial score (nSPS) is 35.9. The van der Waals surface area contributed by atoms with Gasteiger partial charge >= 0.3 is 0 Å². The molecule has 2 heterocycles. The molecule has 0 aromatic heterocycles. The second kappa shape index (κ2) is 5.76. The van der Waals surface area contributed by atoms with Gasteiger partial charge in [0.2, 0.25) is 0 Å². The molecule has 1 unspecified atom stereocenters. The van der Waals surface area contributed by atoms with Crippen LogP contribution in [-0.4, -0.2) is 52.6 Å². The number of aromatic hydroxyl groups is 1.